The Labute approximate surface area is 196 Å². The first-order chi connectivity index (χ1) is 15.6. The summed E-state index contributed by atoms with van der Waals surface area (Å²) in [7, 11) is -6.96. The third-order valence-corrected chi connectivity index (χ3v) is 8.82. The Balaban J connectivity index is 1.37. The van der Waals surface area contributed by atoms with Crippen molar-refractivity contribution in [2.45, 2.75) is 63.8 Å². The van der Waals surface area contributed by atoms with E-state index in [0.29, 0.717) is 13.0 Å². The zero-order valence-corrected chi connectivity index (χ0v) is 20.7. The van der Waals surface area contributed by atoms with Crippen molar-refractivity contribution >= 4 is 31.6 Å². The lowest BCUT2D eigenvalue weighted by Gasteiger charge is -2.21. The number of amides is 2. The van der Waals surface area contributed by atoms with Gasteiger partial charge in [-0.25, -0.2) is 26.4 Å². The standard InChI is InChI=1S/C23H33N3O5S2/c1-32(28,29)14-5-13-26-12-4-8-19(26)11-15-33(30,31)25-23(27)24-22-20-9-2-6-17(20)16-18-7-3-10-21(18)22/h11,15-16,19H,2-10,12-14H2,1H3,(H2,24,25,27)/b15-11+. The van der Waals surface area contributed by atoms with Crippen LogP contribution in [0.5, 0.6) is 0 Å². The SMILES string of the molecule is CS(=O)(=O)CCCN1CCCC1/C=C/S(=O)(=O)NC(=O)Nc1c2c(cc3c1CCC3)CCC2. The number of nitrogens with zero attached hydrogens (tertiary/aromatic N) is 1. The van der Waals surface area contributed by atoms with Crippen molar-refractivity contribution in [2.24, 2.45) is 0 Å². The first kappa shape index (κ1) is 24.2. The number of carbonyl (C=O) groups is 1. The lowest BCUT2D eigenvalue weighted by molar-refractivity contribution is 0.256. The summed E-state index contributed by atoms with van der Waals surface area (Å²) >= 11 is 0. The molecule has 182 valence electrons. The Hall–Kier alpha value is -1.91. The molecule has 2 N–H and O–H groups in total. The number of urea groups is 1. The van der Waals surface area contributed by atoms with E-state index in [9.17, 15) is 21.6 Å². The lowest BCUT2D eigenvalue weighted by Crippen LogP contribution is -2.34. The second-order valence-electron chi connectivity index (χ2n) is 9.39. The maximum atomic E-state index is 12.6. The largest absolute Gasteiger partial charge is 0.333 e. The van der Waals surface area contributed by atoms with Gasteiger partial charge in [0.1, 0.15) is 9.84 Å². The summed E-state index contributed by atoms with van der Waals surface area (Å²) < 4.78 is 49.9. The van der Waals surface area contributed by atoms with Crippen molar-refractivity contribution in [2.75, 3.05) is 30.4 Å². The molecule has 0 aromatic heterocycles. The number of benzene rings is 1. The molecule has 4 rings (SSSR count). The van der Waals surface area contributed by atoms with Gasteiger partial charge in [0.2, 0.25) is 0 Å². The molecule has 1 unspecified atom stereocenters. The number of hydrogen-bond acceptors (Lipinski definition) is 6. The molecule has 2 amide bonds. The summed E-state index contributed by atoms with van der Waals surface area (Å²) in [6.07, 6.45) is 11.0. The van der Waals surface area contributed by atoms with Gasteiger partial charge < -0.3 is 5.32 Å². The highest BCUT2D eigenvalue weighted by Crippen LogP contribution is 2.38. The van der Waals surface area contributed by atoms with Gasteiger partial charge in [0, 0.05) is 23.4 Å². The second kappa shape index (κ2) is 9.76. The minimum atomic E-state index is -3.95. The molecule has 1 heterocycles. The zero-order chi connectivity index (χ0) is 23.6. The van der Waals surface area contributed by atoms with Crippen LogP contribution in [-0.2, 0) is 45.5 Å². The molecule has 1 atom stereocenters. The average Bonchev–Trinajstić information content (AvgIpc) is 3.45. The normalized spacial score (nSPS) is 20.8. The third-order valence-electron chi connectivity index (χ3n) is 6.80. The molecule has 3 aliphatic rings. The number of aryl methyl sites for hydroxylation is 2. The molecule has 0 spiro atoms. The summed E-state index contributed by atoms with van der Waals surface area (Å²) in [5, 5.41) is 3.91. The molecule has 0 saturated carbocycles. The van der Waals surface area contributed by atoms with E-state index < -0.39 is 25.9 Å². The summed E-state index contributed by atoms with van der Waals surface area (Å²) in [6, 6.07) is 1.45. The number of nitrogens with one attached hydrogen (secondary N) is 2. The Morgan fingerprint density at radius 3 is 2.36 bits per heavy atom. The second-order valence-corrected chi connectivity index (χ2v) is 13.2. The van der Waals surface area contributed by atoms with Gasteiger partial charge >= 0.3 is 6.03 Å². The number of anilines is 1. The van der Waals surface area contributed by atoms with Gasteiger partial charge in [-0.3, -0.25) is 4.90 Å². The highest BCUT2D eigenvalue weighted by atomic mass is 32.2. The molecule has 0 radical (unpaired) electrons. The van der Waals surface area contributed by atoms with Gasteiger partial charge in [0.25, 0.3) is 10.0 Å². The number of carbonyl (C=O) groups excluding carboxylic acids is 1. The molecule has 1 aromatic rings. The van der Waals surface area contributed by atoms with E-state index in [1.54, 1.807) is 6.08 Å². The van der Waals surface area contributed by atoms with Crippen molar-refractivity contribution in [3.05, 3.63) is 39.8 Å². The Morgan fingerprint density at radius 1 is 1.06 bits per heavy atom. The van der Waals surface area contributed by atoms with Crippen LogP contribution >= 0.6 is 0 Å². The van der Waals surface area contributed by atoms with E-state index in [-0.39, 0.29) is 11.8 Å². The average molecular weight is 496 g/mol. The number of likely N-dealkylation sites (tertiary alicyclic amines) is 1. The number of sulfone groups is 1. The Bertz CT molecular complexity index is 1130. The van der Waals surface area contributed by atoms with Crippen LogP contribution < -0.4 is 10.0 Å². The van der Waals surface area contributed by atoms with Crippen LogP contribution in [0.2, 0.25) is 0 Å². The predicted octanol–water partition coefficient (Wildman–Crippen LogP) is 2.53. The smallest absolute Gasteiger partial charge is 0.307 e. The molecule has 33 heavy (non-hydrogen) atoms. The van der Waals surface area contributed by atoms with Gasteiger partial charge in [0.05, 0.1) is 5.75 Å². The lowest BCUT2D eigenvalue weighted by atomic mass is 9.99. The predicted molar refractivity (Wildman–Crippen MR) is 130 cm³/mol. The fraction of sp³-hybridized carbons (Fsp3) is 0.609. The van der Waals surface area contributed by atoms with Crippen molar-refractivity contribution in [3.8, 4) is 0 Å². The minimum Gasteiger partial charge on any atom is -0.307 e. The maximum absolute atomic E-state index is 12.6. The Morgan fingerprint density at radius 2 is 1.73 bits per heavy atom. The highest BCUT2D eigenvalue weighted by molar-refractivity contribution is 7.93. The maximum Gasteiger partial charge on any atom is 0.333 e. The zero-order valence-electron chi connectivity index (χ0n) is 19.1. The summed E-state index contributed by atoms with van der Waals surface area (Å²) in [6.45, 7) is 1.40. The molecule has 1 saturated heterocycles. The quantitative estimate of drug-likeness (QED) is 0.573. The van der Waals surface area contributed by atoms with Gasteiger partial charge in [-0.2, -0.15) is 0 Å². The minimum absolute atomic E-state index is 0.0788. The number of sulfonamides is 1. The monoisotopic (exact) mass is 495 g/mol. The van der Waals surface area contributed by atoms with Crippen LogP contribution in [-0.4, -0.2) is 58.9 Å². The fourth-order valence-electron chi connectivity index (χ4n) is 5.34. The molecule has 1 fully saturated rings. The fourth-order valence-corrected chi connectivity index (χ4v) is 6.76. The van der Waals surface area contributed by atoms with E-state index in [4.69, 9.17) is 0 Å². The van der Waals surface area contributed by atoms with Crippen LogP contribution in [0.15, 0.2) is 17.6 Å². The molecule has 1 aliphatic heterocycles. The van der Waals surface area contributed by atoms with Gasteiger partial charge in [-0.05, 0) is 93.1 Å². The van der Waals surface area contributed by atoms with Crippen molar-refractivity contribution < 1.29 is 21.6 Å². The van der Waals surface area contributed by atoms with Crippen LogP contribution in [0.4, 0.5) is 10.5 Å². The number of hydrogen-bond donors (Lipinski definition) is 2. The molecular weight excluding hydrogens is 462 g/mol. The van der Waals surface area contributed by atoms with Crippen molar-refractivity contribution in [1.82, 2.24) is 9.62 Å². The molecule has 0 bridgehead atoms. The van der Waals surface area contributed by atoms with Gasteiger partial charge in [-0.1, -0.05) is 12.1 Å². The van der Waals surface area contributed by atoms with E-state index in [0.717, 1.165) is 80.1 Å². The first-order valence-electron chi connectivity index (χ1n) is 11.7. The molecule has 8 nitrogen and oxygen atoms in total. The van der Waals surface area contributed by atoms with Crippen LogP contribution in [0.3, 0.4) is 0 Å². The molecular formula is C23H33N3O5S2. The van der Waals surface area contributed by atoms with Crippen LogP contribution in [0.25, 0.3) is 0 Å². The first-order valence-corrected chi connectivity index (χ1v) is 15.3. The topological polar surface area (TPSA) is 113 Å². The van der Waals surface area contributed by atoms with Crippen LogP contribution in [0, 0.1) is 0 Å². The van der Waals surface area contributed by atoms with Gasteiger partial charge in [0.15, 0.2) is 0 Å². The number of fused-ring (bicyclic) bond motifs is 2. The van der Waals surface area contributed by atoms with Crippen molar-refractivity contribution in [1.29, 1.82) is 0 Å². The summed E-state index contributed by atoms with van der Waals surface area (Å²) in [5.74, 6) is 0.118. The third kappa shape index (κ3) is 6.16. The Kier molecular flexibility index (Phi) is 7.16. The van der Waals surface area contributed by atoms with Crippen LogP contribution in [0.1, 0.15) is 54.4 Å². The molecule has 1 aromatic carbocycles. The molecule has 10 heteroatoms. The summed E-state index contributed by atoms with van der Waals surface area (Å²) in [5.41, 5.74) is 5.64. The van der Waals surface area contributed by atoms with Crippen molar-refractivity contribution in [3.63, 3.8) is 0 Å². The number of rotatable bonds is 8. The van der Waals surface area contributed by atoms with E-state index in [2.05, 4.69) is 21.0 Å². The summed E-state index contributed by atoms with van der Waals surface area (Å²) in [4.78, 5) is 14.7. The van der Waals surface area contributed by atoms with E-state index >= 15 is 0 Å². The van der Waals surface area contributed by atoms with E-state index in [1.807, 2.05) is 0 Å². The van der Waals surface area contributed by atoms with E-state index in [1.165, 1.54) is 17.4 Å². The van der Waals surface area contributed by atoms with Gasteiger partial charge in [-0.15, -0.1) is 0 Å². The highest BCUT2D eigenvalue weighted by Gasteiger charge is 2.26. The molecule has 2 aliphatic carbocycles.